The summed E-state index contributed by atoms with van der Waals surface area (Å²) < 4.78 is 43.4. The van der Waals surface area contributed by atoms with Crippen LogP contribution in [0.1, 0.15) is 37.8 Å². The van der Waals surface area contributed by atoms with Crippen LogP contribution in [0.4, 0.5) is 10.1 Å². The quantitative estimate of drug-likeness (QED) is 0.215. The molecule has 3 aromatic rings. The van der Waals surface area contributed by atoms with E-state index in [4.69, 9.17) is 0 Å². The summed E-state index contributed by atoms with van der Waals surface area (Å²) in [6, 6.07) is 18.3. The Hall–Kier alpha value is -3.37. The second-order valence-corrected chi connectivity index (χ2v) is 12.2. The number of aryl methyl sites for hydroxylation is 1. The molecule has 0 aliphatic heterocycles. The number of halogens is 1. The van der Waals surface area contributed by atoms with Crippen LogP contribution in [0.25, 0.3) is 0 Å². The highest BCUT2D eigenvalue weighted by Gasteiger charge is 2.32. The van der Waals surface area contributed by atoms with Gasteiger partial charge in [0.05, 0.1) is 10.6 Å². The van der Waals surface area contributed by atoms with Gasteiger partial charge in [0, 0.05) is 23.5 Å². The van der Waals surface area contributed by atoms with E-state index in [0.29, 0.717) is 12.2 Å². The van der Waals surface area contributed by atoms with E-state index in [1.807, 2.05) is 20.1 Å². The first-order valence-corrected chi connectivity index (χ1v) is 15.8. The van der Waals surface area contributed by atoms with E-state index in [9.17, 15) is 22.4 Å². The van der Waals surface area contributed by atoms with E-state index in [1.165, 1.54) is 34.9 Å². The third-order valence-electron chi connectivity index (χ3n) is 6.54. The minimum Gasteiger partial charge on any atom is -0.354 e. The highest BCUT2D eigenvalue weighted by molar-refractivity contribution is 7.98. The van der Waals surface area contributed by atoms with Crippen LogP contribution in [-0.4, -0.2) is 50.5 Å². The van der Waals surface area contributed by atoms with Gasteiger partial charge in [-0.15, -0.1) is 11.8 Å². The third-order valence-corrected chi connectivity index (χ3v) is 9.08. The van der Waals surface area contributed by atoms with Gasteiger partial charge in [-0.1, -0.05) is 49.2 Å². The number of carbonyl (C=O) groups excluding carboxylic acids is 2. The fraction of sp³-hybridized carbons (Fsp3) is 0.333. The number of anilines is 1. The van der Waals surface area contributed by atoms with Crippen molar-refractivity contribution in [1.29, 1.82) is 0 Å². The molecule has 1 N–H and O–H groups in total. The van der Waals surface area contributed by atoms with Gasteiger partial charge in [-0.05, 0) is 69.0 Å². The summed E-state index contributed by atoms with van der Waals surface area (Å²) >= 11 is 1.49. The topological polar surface area (TPSA) is 86.8 Å². The Labute approximate surface area is 240 Å². The van der Waals surface area contributed by atoms with Gasteiger partial charge >= 0.3 is 0 Å². The number of nitrogens with one attached hydrogen (secondary N) is 1. The Balaban J connectivity index is 2.00. The maximum Gasteiger partial charge on any atom is 0.264 e. The molecular weight excluding hydrogens is 549 g/mol. The number of hydrogen-bond donors (Lipinski definition) is 1. The van der Waals surface area contributed by atoms with Gasteiger partial charge in [-0.3, -0.25) is 13.9 Å². The molecule has 3 aromatic carbocycles. The average Bonchev–Trinajstić information content (AvgIpc) is 2.95. The molecule has 7 nitrogen and oxygen atoms in total. The summed E-state index contributed by atoms with van der Waals surface area (Å²) in [5.74, 6) is -1.54. The number of carbonyl (C=O) groups is 2. The number of nitrogens with zero attached hydrogens (tertiary/aromatic N) is 2. The van der Waals surface area contributed by atoms with Crippen molar-refractivity contribution in [1.82, 2.24) is 10.2 Å². The van der Waals surface area contributed by atoms with Crippen LogP contribution in [-0.2, 0) is 26.2 Å². The zero-order valence-corrected chi connectivity index (χ0v) is 24.9. The predicted molar refractivity (Wildman–Crippen MR) is 158 cm³/mol. The van der Waals surface area contributed by atoms with Crippen LogP contribution in [0.5, 0.6) is 0 Å². The Kier molecular flexibility index (Phi) is 11.2. The Morgan fingerprint density at radius 3 is 2.25 bits per heavy atom. The standard InChI is InChI=1S/C30H36FN3O4S2/c1-5-6-19-32-30(36)23(3)33(20-24-9-7-8-10-28(24)31)29(35)21-34(25-13-11-22(2)12-14-25)40(37,38)27-17-15-26(39-4)16-18-27/h7-18,23H,5-6,19-21H2,1-4H3,(H,32,36). The highest BCUT2D eigenvalue weighted by Crippen LogP contribution is 2.26. The lowest BCUT2D eigenvalue weighted by molar-refractivity contribution is -0.139. The molecule has 1 atom stereocenters. The number of amides is 2. The third kappa shape index (κ3) is 7.85. The monoisotopic (exact) mass is 585 g/mol. The van der Waals surface area contributed by atoms with Gasteiger partial charge in [0.2, 0.25) is 11.8 Å². The van der Waals surface area contributed by atoms with Crippen LogP contribution < -0.4 is 9.62 Å². The Morgan fingerprint density at radius 2 is 1.65 bits per heavy atom. The molecule has 0 aliphatic carbocycles. The molecule has 2 amide bonds. The SMILES string of the molecule is CCCCNC(=O)C(C)N(Cc1ccccc1F)C(=O)CN(c1ccc(C)cc1)S(=O)(=O)c1ccc(SC)cc1. The number of thioether (sulfide) groups is 1. The van der Waals surface area contributed by atoms with Gasteiger partial charge in [0.15, 0.2) is 0 Å². The molecule has 0 saturated heterocycles. The number of sulfonamides is 1. The molecule has 0 radical (unpaired) electrons. The van der Waals surface area contributed by atoms with Crippen LogP contribution >= 0.6 is 11.8 Å². The van der Waals surface area contributed by atoms with Crippen molar-refractivity contribution >= 4 is 39.3 Å². The smallest absolute Gasteiger partial charge is 0.264 e. The van der Waals surface area contributed by atoms with Crippen LogP contribution in [0.2, 0.25) is 0 Å². The predicted octanol–water partition coefficient (Wildman–Crippen LogP) is 5.38. The summed E-state index contributed by atoms with van der Waals surface area (Å²) in [5.41, 5.74) is 1.45. The molecule has 0 saturated carbocycles. The zero-order valence-electron chi connectivity index (χ0n) is 23.3. The first-order valence-electron chi connectivity index (χ1n) is 13.1. The summed E-state index contributed by atoms with van der Waals surface area (Å²) in [6.07, 6.45) is 3.55. The molecule has 0 spiro atoms. The molecular formula is C30H36FN3O4S2. The van der Waals surface area contributed by atoms with Gasteiger partial charge in [0.25, 0.3) is 10.0 Å². The van der Waals surface area contributed by atoms with Crippen molar-refractivity contribution in [2.24, 2.45) is 0 Å². The molecule has 0 bridgehead atoms. The van der Waals surface area contributed by atoms with Crippen molar-refractivity contribution in [3.05, 3.63) is 89.7 Å². The van der Waals surface area contributed by atoms with Gasteiger partial charge in [0.1, 0.15) is 18.4 Å². The molecule has 3 rings (SSSR count). The van der Waals surface area contributed by atoms with E-state index in [-0.39, 0.29) is 17.0 Å². The number of hydrogen-bond acceptors (Lipinski definition) is 5. The number of rotatable bonds is 13. The molecule has 0 aliphatic rings. The van der Waals surface area contributed by atoms with Crippen molar-refractivity contribution in [3.8, 4) is 0 Å². The van der Waals surface area contributed by atoms with Crippen molar-refractivity contribution in [2.45, 2.75) is 56.0 Å². The van der Waals surface area contributed by atoms with E-state index >= 15 is 0 Å². The minimum absolute atomic E-state index is 0.0321. The summed E-state index contributed by atoms with van der Waals surface area (Å²) in [4.78, 5) is 29.0. The first kappa shape index (κ1) is 31.2. The number of benzene rings is 3. The Bertz CT molecular complexity index is 1400. The Morgan fingerprint density at radius 1 is 1.00 bits per heavy atom. The fourth-order valence-corrected chi connectivity index (χ4v) is 5.87. The lowest BCUT2D eigenvalue weighted by Crippen LogP contribution is -2.51. The molecule has 40 heavy (non-hydrogen) atoms. The average molecular weight is 586 g/mol. The molecule has 1 unspecified atom stereocenters. The van der Waals surface area contributed by atoms with Crippen LogP contribution in [0.15, 0.2) is 82.6 Å². The second-order valence-electron chi connectivity index (χ2n) is 9.46. The van der Waals surface area contributed by atoms with Gasteiger partial charge in [-0.25, -0.2) is 12.8 Å². The lowest BCUT2D eigenvalue weighted by atomic mass is 10.1. The highest BCUT2D eigenvalue weighted by atomic mass is 32.2. The van der Waals surface area contributed by atoms with Crippen LogP contribution in [0, 0.1) is 12.7 Å². The van der Waals surface area contributed by atoms with Crippen LogP contribution in [0.3, 0.4) is 0 Å². The minimum atomic E-state index is -4.16. The lowest BCUT2D eigenvalue weighted by Gasteiger charge is -2.32. The molecule has 10 heteroatoms. The van der Waals surface area contributed by atoms with Crippen molar-refractivity contribution in [2.75, 3.05) is 23.7 Å². The largest absolute Gasteiger partial charge is 0.354 e. The zero-order chi connectivity index (χ0) is 29.3. The van der Waals surface area contributed by atoms with E-state index in [2.05, 4.69) is 5.32 Å². The van der Waals surface area contributed by atoms with E-state index < -0.39 is 40.2 Å². The number of unbranched alkanes of at least 4 members (excludes halogenated alkanes) is 1. The molecule has 214 valence electrons. The normalized spacial score (nSPS) is 12.0. The van der Waals surface area contributed by atoms with Crippen molar-refractivity contribution < 1.29 is 22.4 Å². The van der Waals surface area contributed by atoms with E-state index in [0.717, 1.165) is 27.6 Å². The van der Waals surface area contributed by atoms with Gasteiger partial charge in [-0.2, -0.15) is 0 Å². The molecule has 0 aromatic heterocycles. The maximum absolute atomic E-state index is 14.6. The summed E-state index contributed by atoms with van der Waals surface area (Å²) in [6.45, 7) is 5.11. The summed E-state index contributed by atoms with van der Waals surface area (Å²) in [5, 5.41) is 2.82. The molecule has 0 heterocycles. The maximum atomic E-state index is 14.6. The van der Waals surface area contributed by atoms with Crippen molar-refractivity contribution in [3.63, 3.8) is 0 Å². The first-order chi connectivity index (χ1) is 19.1. The summed E-state index contributed by atoms with van der Waals surface area (Å²) in [7, 11) is -4.16. The van der Waals surface area contributed by atoms with E-state index in [1.54, 1.807) is 61.5 Å². The fourth-order valence-electron chi connectivity index (χ4n) is 4.04. The molecule has 0 fully saturated rings. The second kappa shape index (κ2) is 14.3. The van der Waals surface area contributed by atoms with Gasteiger partial charge < -0.3 is 10.2 Å².